The molecule has 2 atom stereocenters. The number of nitrogens with zero attached hydrogens (tertiary/aromatic N) is 4. The molecule has 2 unspecified atom stereocenters. The fraction of sp³-hybridized carbons (Fsp3) is 0.238. The van der Waals surface area contributed by atoms with E-state index in [1.54, 1.807) is 30.3 Å². The standard InChI is InChI=1S/C18H17N3O4.C16H16N2O4.C8H6ClNO/c1-19-11-15-16(21(22)23)7-8-17-18(15)25-14(12-24-17)10-20-9-13-5-3-2-4-6-13;19-18(20)13-6-7-15-16(8-13)22-14(11-21-15)10-17-9-12-4-2-1-3-5-12;9-7-1-3-8(4-2-7)11-6-5-10/h2-8,14,20H,9-12H2;1-8,14,17H,9-11H2;1-4H,6H2. The molecule has 0 bridgehead atoms. The zero-order chi connectivity index (χ0) is 41.1. The number of nitro benzene ring substituents is 2. The van der Waals surface area contributed by atoms with Crippen LogP contribution < -0.4 is 34.3 Å². The van der Waals surface area contributed by atoms with Crippen LogP contribution >= 0.6 is 11.6 Å². The van der Waals surface area contributed by atoms with Crippen LogP contribution in [0.2, 0.25) is 5.02 Å². The summed E-state index contributed by atoms with van der Waals surface area (Å²) in [4.78, 5) is 24.3. The zero-order valence-corrected chi connectivity index (χ0v) is 31.9. The van der Waals surface area contributed by atoms with Crippen molar-refractivity contribution in [2.75, 3.05) is 32.9 Å². The molecule has 0 fully saturated rings. The second-order valence-corrected chi connectivity index (χ2v) is 13.0. The Bertz CT molecular complexity index is 2200. The number of benzene rings is 5. The molecule has 2 heterocycles. The number of hydrogen-bond acceptors (Lipinski definition) is 12. The summed E-state index contributed by atoms with van der Waals surface area (Å²) in [5.74, 6) is 2.39. The SMILES string of the molecule is N#CCOc1ccc(Cl)cc1.O=[N+]([O-])c1ccc2c(c1)OC(CNCc1ccccc1)CO2.[C-]#[N+]Cc1c([N+](=O)[O-])ccc2c1OC(CNCc1ccccc1)CO2. The lowest BCUT2D eigenvalue weighted by molar-refractivity contribution is -0.385. The Morgan fingerprint density at radius 3 is 1.93 bits per heavy atom. The summed E-state index contributed by atoms with van der Waals surface area (Å²) in [5.41, 5.74) is 2.50. The summed E-state index contributed by atoms with van der Waals surface area (Å²) in [7, 11) is 0. The summed E-state index contributed by atoms with van der Waals surface area (Å²) in [6.45, 7) is 10.3. The number of hydrogen-bond donors (Lipinski definition) is 2. The molecule has 2 aliphatic heterocycles. The number of nitro groups is 2. The second-order valence-electron chi connectivity index (χ2n) is 12.6. The second kappa shape index (κ2) is 22.0. The first-order valence-corrected chi connectivity index (χ1v) is 18.4. The van der Waals surface area contributed by atoms with Crippen molar-refractivity contribution in [2.45, 2.75) is 31.8 Å². The monoisotopic (exact) mass is 806 g/mol. The van der Waals surface area contributed by atoms with Crippen molar-refractivity contribution >= 4 is 23.0 Å². The predicted molar refractivity (Wildman–Crippen MR) is 215 cm³/mol. The van der Waals surface area contributed by atoms with Gasteiger partial charge in [0.2, 0.25) is 6.54 Å². The molecular weight excluding hydrogens is 768 g/mol. The number of halogens is 1. The Kier molecular flexibility index (Phi) is 16.0. The van der Waals surface area contributed by atoms with Crippen LogP contribution in [0.1, 0.15) is 16.7 Å². The molecule has 7 rings (SSSR count). The van der Waals surface area contributed by atoms with Crippen molar-refractivity contribution in [2.24, 2.45) is 0 Å². The third-order valence-electron chi connectivity index (χ3n) is 8.40. The molecule has 0 saturated heterocycles. The minimum Gasteiger partial charge on any atom is -0.486 e. The van der Waals surface area contributed by atoms with Crippen LogP contribution in [0.5, 0.6) is 28.7 Å². The van der Waals surface area contributed by atoms with Gasteiger partial charge in [-0.2, -0.15) is 5.26 Å². The fourth-order valence-corrected chi connectivity index (χ4v) is 5.76. The summed E-state index contributed by atoms with van der Waals surface area (Å²) in [6.07, 6.45) is -0.444. The van der Waals surface area contributed by atoms with Gasteiger partial charge in [-0.1, -0.05) is 72.3 Å². The van der Waals surface area contributed by atoms with Gasteiger partial charge in [0.15, 0.2) is 35.2 Å². The van der Waals surface area contributed by atoms with Gasteiger partial charge in [-0.05, 0) is 47.5 Å². The minimum absolute atomic E-state index is 0.000227. The normalized spacial score (nSPS) is 14.5. The topological polar surface area (TPSA) is 185 Å². The van der Waals surface area contributed by atoms with E-state index in [0.29, 0.717) is 66.6 Å². The van der Waals surface area contributed by atoms with Crippen molar-refractivity contribution < 1.29 is 33.5 Å². The molecule has 58 heavy (non-hydrogen) atoms. The van der Waals surface area contributed by atoms with E-state index in [1.807, 2.05) is 66.7 Å². The molecule has 0 aromatic heterocycles. The molecule has 2 aliphatic rings. The van der Waals surface area contributed by atoms with Crippen LogP contribution in [0, 0.1) is 38.1 Å². The summed E-state index contributed by atoms with van der Waals surface area (Å²) in [5, 5.41) is 37.4. The van der Waals surface area contributed by atoms with Crippen molar-refractivity contribution in [3.63, 3.8) is 0 Å². The highest BCUT2D eigenvalue weighted by Crippen LogP contribution is 2.41. The van der Waals surface area contributed by atoms with Gasteiger partial charge in [0.1, 0.15) is 37.2 Å². The summed E-state index contributed by atoms with van der Waals surface area (Å²) >= 11 is 5.63. The van der Waals surface area contributed by atoms with Crippen molar-refractivity contribution in [1.29, 1.82) is 5.26 Å². The van der Waals surface area contributed by atoms with Crippen molar-refractivity contribution in [3.05, 3.63) is 169 Å². The van der Waals surface area contributed by atoms with E-state index in [1.165, 1.54) is 29.8 Å². The van der Waals surface area contributed by atoms with E-state index in [-0.39, 0.29) is 42.3 Å². The molecule has 2 N–H and O–H groups in total. The lowest BCUT2D eigenvalue weighted by atomic mass is 10.1. The molecular formula is C42H39ClN6O9. The van der Waals surface area contributed by atoms with Crippen LogP contribution in [-0.2, 0) is 19.6 Å². The predicted octanol–water partition coefficient (Wildman–Crippen LogP) is 7.71. The molecule has 0 aliphatic carbocycles. The number of rotatable bonds is 13. The van der Waals surface area contributed by atoms with Gasteiger partial charge in [0.05, 0.1) is 15.9 Å². The smallest absolute Gasteiger partial charge is 0.284 e. The van der Waals surface area contributed by atoms with E-state index in [2.05, 4.69) is 15.5 Å². The van der Waals surface area contributed by atoms with Crippen molar-refractivity contribution in [1.82, 2.24) is 10.6 Å². The molecule has 5 aromatic carbocycles. The largest absolute Gasteiger partial charge is 0.486 e. The average Bonchev–Trinajstić information content (AvgIpc) is 3.24. The maximum atomic E-state index is 11.2. The van der Waals surface area contributed by atoms with E-state index in [9.17, 15) is 20.2 Å². The van der Waals surface area contributed by atoms with Crippen LogP contribution in [-0.4, -0.2) is 55.0 Å². The maximum absolute atomic E-state index is 11.2. The zero-order valence-electron chi connectivity index (χ0n) is 31.1. The van der Waals surface area contributed by atoms with Crippen LogP contribution in [0.4, 0.5) is 11.4 Å². The quantitative estimate of drug-likeness (QED) is 0.0672. The third-order valence-corrected chi connectivity index (χ3v) is 8.66. The molecule has 298 valence electrons. The van der Waals surface area contributed by atoms with E-state index in [4.69, 9.17) is 47.1 Å². The van der Waals surface area contributed by atoms with Gasteiger partial charge in [0.25, 0.3) is 11.4 Å². The average molecular weight is 807 g/mol. The summed E-state index contributed by atoms with van der Waals surface area (Å²) in [6, 6.07) is 36.0. The Labute approximate surface area is 339 Å². The number of ether oxygens (including phenoxy) is 5. The number of non-ortho nitro benzene ring substituents is 1. The highest BCUT2D eigenvalue weighted by Gasteiger charge is 2.30. The van der Waals surface area contributed by atoms with Crippen LogP contribution in [0.15, 0.2) is 115 Å². The first kappa shape index (κ1) is 42.2. The van der Waals surface area contributed by atoms with Gasteiger partial charge in [-0.15, -0.1) is 0 Å². The third kappa shape index (κ3) is 12.8. The minimum atomic E-state index is -0.499. The highest BCUT2D eigenvalue weighted by atomic mass is 35.5. The van der Waals surface area contributed by atoms with Crippen LogP contribution in [0.25, 0.3) is 4.85 Å². The molecule has 0 radical (unpaired) electrons. The highest BCUT2D eigenvalue weighted by molar-refractivity contribution is 6.30. The fourth-order valence-electron chi connectivity index (χ4n) is 5.64. The molecule has 0 amide bonds. The Balaban J connectivity index is 0.000000178. The number of nitriles is 1. The van der Waals surface area contributed by atoms with Gasteiger partial charge in [-0.3, -0.25) is 20.2 Å². The molecule has 16 heteroatoms. The molecule has 15 nitrogen and oxygen atoms in total. The first-order chi connectivity index (χ1) is 28.2. The van der Waals surface area contributed by atoms with Gasteiger partial charge < -0.3 is 39.2 Å². The van der Waals surface area contributed by atoms with E-state index < -0.39 is 9.85 Å². The first-order valence-electron chi connectivity index (χ1n) is 18.0. The van der Waals surface area contributed by atoms with E-state index in [0.717, 1.165) is 12.1 Å². The molecule has 0 spiro atoms. The van der Waals surface area contributed by atoms with Crippen molar-refractivity contribution in [3.8, 4) is 34.8 Å². The lowest BCUT2D eigenvalue weighted by Crippen LogP contribution is -2.38. The van der Waals surface area contributed by atoms with E-state index >= 15 is 0 Å². The molecule has 0 saturated carbocycles. The van der Waals surface area contributed by atoms with Gasteiger partial charge in [0, 0.05) is 43.3 Å². The number of nitrogens with one attached hydrogen (secondary N) is 2. The Morgan fingerprint density at radius 2 is 1.36 bits per heavy atom. The van der Waals surface area contributed by atoms with Gasteiger partial charge >= 0.3 is 0 Å². The number of fused-ring (bicyclic) bond motifs is 2. The maximum Gasteiger partial charge on any atom is 0.284 e. The summed E-state index contributed by atoms with van der Waals surface area (Å²) < 4.78 is 27.9. The lowest BCUT2D eigenvalue weighted by Gasteiger charge is -2.27. The molecule has 5 aromatic rings. The van der Waals surface area contributed by atoms with Gasteiger partial charge in [-0.25, -0.2) is 6.57 Å². The Hall–Kier alpha value is -6.91. The Morgan fingerprint density at radius 1 is 0.776 bits per heavy atom. The van der Waals surface area contributed by atoms with Crippen LogP contribution in [0.3, 0.4) is 0 Å².